The summed E-state index contributed by atoms with van der Waals surface area (Å²) in [6, 6.07) is 4.11. The highest BCUT2D eigenvalue weighted by molar-refractivity contribution is 7.13. The summed E-state index contributed by atoms with van der Waals surface area (Å²) >= 11 is 1.29. The monoisotopic (exact) mass is 289 g/mol. The first kappa shape index (κ1) is 14.2. The van der Waals surface area contributed by atoms with E-state index in [1.807, 2.05) is 6.92 Å². The number of amides is 1. The minimum atomic E-state index is -0.603. The molecule has 0 atom stereocenters. The van der Waals surface area contributed by atoms with Crippen LogP contribution in [0.1, 0.15) is 21.6 Å². The van der Waals surface area contributed by atoms with Crippen LogP contribution in [0.2, 0.25) is 0 Å². The summed E-state index contributed by atoms with van der Waals surface area (Å²) in [5, 5.41) is 4.79. The summed E-state index contributed by atoms with van der Waals surface area (Å²) in [6.07, 6.45) is 0. The van der Waals surface area contributed by atoms with E-state index in [9.17, 15) is 9.18 Å². The van der Waals surface area contributed by atoms with Gasteiger partial charge < -0.3 is 5.73 Å². The lowest BCUT2D eigenvalue weighted by molar-refractivity contribution is 0.102. The number of nitrogens with zero attached hydrogens (tertiary/aromatic N) is 1. The number of aromatic nitrogens is 1. The Morgan fingerprint density at radius 3 is 3.00 bits per heavy atom. The van der Waals surface area contributed by atoms with Gasteiger partial charge in [0.05, 0.1) is 17.8 Å². The van der Waals surface area contributed by atoms with Crippen molar-refractivity contribution >= 4 is 22.4 Å². The molecule has 0 radical (unpaired) electrons. The SMILES string of the molecule is Cc1csc(NC(=O)c2cc(C#CCN)ccc2F)n1. The van der Waals surface area contributed by atoms with Gasteiger partial charge in [0.1, 0.15) is 5.82 Å². The molecule has 0 aliphatic carbocycles. The zero-order valence-electron chi connectivity index (χ0n) is 10.7. The third-order valence-corrected chi connectivity index (χ3v) is 3.26. The lowest BCUT2D eigenvalue weighted by Crippen LogP contribution is -2.14. The van der Waals surface area contributed by atoms with Gasteiger partial charge in [-0.2, -0.15) is 0 Å². The van der Waals surface area contributed by atoms with Gasteiger partial charge in [-0.25, -0.2) is 9.37 Å². The fourth-order valence-electron chi connectivity index (χ4n) is 1.51. The van der Waals surface area contributed by atoms with E-state index < -0.39 is 11.7 Å². The zero-order valence-corrected chi connectivity index (χ0v) is 11.6. The molecule has 1 aromatic carbocycles. The van der Waals surface area contributed by atoms with Crippen molar-refractivity contribution in [1.29, 1.82) is 0 Å². The lowest BCUT2D eigenvalue weighted by atomic mass is 10.1. The fourth-order valence-corrected chi connectivity index (χ4v) is 2.19. The normalized spacial score (nSPS) is 9.75. The molecule has 0 spiro atoms. The maximum atomic E-state index is 13.7. The van der Waals surface area contributed by atoms with Crippen LogP contribution in [0.3, 0.4) is 0 Å². The Kier molecular flexibility index (Phi) is 4.45. The number of nitrogens with one attached hydrogen (secondary N) is 1. The number of rotatable bonds is 2. The molecule has 4 nitrogen and oxygen atoms in total. The summed E-state index contributed by atoms with van der Waals surface area (Å²) in [7, 11) is 0. The average molecular weight is 289 g/mol. The Morgan fingerprint density at radius 2 is 2.35 bits per heavy atom. The molecule has 0 fully saturated rings. The van der Waals surface area contributed by atoms with Crippen LogP contribution in [0.15, 0.2) is 23.6 Å². The smallest absolute Gasteiger partial charge is 0.260 e. The van der Waals surface area contributed by atoms with Crippen LogP contribution in [-0.4, -0.2) is 17.4 Å². The van der Waals surface area contributed by atoms with Crippen LogP contribution in [-0.2, 0) is 0 Å². The Morgan fingerprint density at radius 1 is 1.55 bits per heavy atom. The van der Waals surface area contributed by atoms with Crippen LogP contribution in [0.4, 0.5) is 9.52 Å². The summed E-state index contributed by atoms with van der Waals surface area (Å²) in [5.41, 5.74) is 6.55. The van der Waals surface area contributed by atoms with E-state index in [2.05, 4.69) is 22.1 Å². The minimum absolute atomic E-state index is 0.0679. The van der Waals surface area contributed by atoms with E-state index in [1.54, 1.807) is 5.38 Å². The summed E-state index contributed by atoms with van der Waals surface area (Å²) in [4.78, 5) is 16.1. The minimum Gasteiger partial charge on any atom is -0.320 e. The molecule has 0 aliphatic rings. The average Bonchev–Trinajstić information content (AvgIpc) is 2.83. The zero-order chi connectivity index (χ0) is 14.5. The predicted molar refractivity (Wildman–Crippen MR) is 77.1 cm³/mol. The number of aryl methyl sites for hydroxylation is 1. The van der Waals surface area contributed by atoms with Gasteiger partial charge in [0.15, 0.2) is 5.13 Å². The Bertz CT molecular complexity index is 700. The number of benzene rings is 1. The van der Waals surface area contributed by atoms with Crippen molar-refractivity contribution in [3.05, 3.63) is 46.2 Å². The van der Waals surface area contributed by atoms with Crippen molar-refractivity contribution < 1.29 is 9.18 Å². The van der Waals surface area contributed by atoms with Crippen LogP contribution in [0.5, 0.6) is 0 Å². The number of nitrogens with two attached hydrogens (primary N) is 1. The fraction of sp³-hybridized carbons (Fsp3) is 0.143. The first-order valence-corrected chi connectivity index (χ1v) is 6.70. The topological polar surface area (TPSA) is 68.0 Å². The van der Waals surface area contributed by atoms with Gasteiger partial charge in [0, 0.05) is 10.9 Å². The number of anilines is 1. The second kappa shape index (κ2) is 6.28. The molecule has 0 saturated heterocycles. The molecule has 6 heteroatoms. The van der Waals surface area contributed by atoms with Crippen LogP contribution in [0.25, 0.3) is 0 Å². The third-order valence-electron chi connectivity index (χ3n) is 2.39. The number of carbonyl (C=O) groups excluding carboxylic acids is 1. The summed E-state index contributed by atoms with van der Waals surface area (Å²) < 4.78 is 13.7. The van der Waals surface area contributed by atoms with Crippen molar-refractivity contribution in [3.63, 3.8) is 0 Å². The van der Waals surface area contributed by atoms with Gasteiger partial charge in [-0.05, 0) is 25.1 Å². The summed E-state index contributed by atoms with van der Waals surface area (Å²) in [6.45, 7) is 2.02. The van der Waals surface area contributed by atoms with Crippen molar-refractivity contribution in [3.8, 4) is 11.8 Å². The second-order valence-corrected chi connectivity index (χ2v) is 4.81. The second-order valence-electron chi connectivity index (χ2n) is 3.95. The molecule has 0 saturated carbocycles. The van der Waals surface area contributed by atoms with Gasteiger partial charge in [-0.3, -0.25) is 10.1 Å². The highest BCUT2D eigenvalue weighted by atomic mass is 32.1. The molecule has 1 amide bonds. The number of carbonyl (C=O) groups is 1. The number of hydrogen-bond acceptors (Lipinski definition) is 4. The lowest BCUT2D eigenvalue weighted by Gasteiger charge is -2.03. The van der Waals surface area contributed by atoms with Gasteiger partial charge in [0.25, 0.3) is 5.91 Å². The Labute approximate surface area is 119 Å². The molecular weight excluding hydrogens is 277 g/mol. The van der Waals surface area contributed by atoms with E-state index in [0.29, 0.717) is 10.7 Å². The van der Waals surface area contributed by atoms with Crippen LogP contribution < -0.4 is 11.1 Å². The molecule has 1 heterocycles. The van der Waals surface area contributed by atoms with E-state index in [1.165, 1.54) is 29.5 Å². The molecule has 0 aliphatic heterocycles. The van der Waals surface area contributed by atoms with E-state index in [4.69, 9.17) is 5.73 Å². The van der Waals surface area contributed by atoms with E-state index in [0.717, 1.165) is 5.69 Å². The first-order valence-electron chi connectivity index (χ1n) is 5.82. The summed E-state index contributed by atoms with van der Waals surface area (Å²) in [5.74, 6) is 4.27. The van der Waals surface area contributed by atoms with Crippen LogP contribution in [0, 0.1) is 24.6 Å². The Balaban J connectivity index is 2.24. The number of halogens is 1. The maximum absolute atomic E-state index is 13.7. The van der Waals surface area contributed by atoms with Crippen molar-refractivity contribution in [2.75, 3.05) is 11.9 Å². The molecule has 0 bridgehead atoms. The largest absolute Gasteiger partial charge is 0.320 e. The van der Waals surface area contributed by atoms with Crippen LogP contribution >= 0.6 is 11.3 Å². The number of hydrogen-bond donors (Lipinski definition) is 2. The van der Waals surface area contributed by atoms with Gasteiger partial charge in [0.2, 0.25) is 0 Å². The van der Waals surface area contributed by atoms with Crippen molar-refractivity contribution in [1.82, 2.24) is 4.98 Å². The van der Waals surface area contributed by atoms with Crippen molar-refractivity contribution in [2.24, 2.45) is 5.73 Å². The molecule has 2 rings (SSSR count). The van der Waals surface area contributed by atoms with Gasteiger partial charge in [-0.1, -0.05) is 11.8 Å². The standard InChI is InChI=1S/C14H12FN3OS/c1-9-8-20-14(17-9)18-13(19)11-7-10(3-2-6-16)4-5-12(11)15/h4-5,7-8H,6,16H2,1H3,(H,17,18,19). The molecule has 3 N–H and O–H groups in total. The molecule has 1 aromatic heterocycles. The van der Waals surface area contributed by atoms with E-state index in [-0.39, 0.29) is 12.1 Å². The van der Waals surface area contributed by atoms with Gasteiger partial charge in [-0.15, -0.1) is 11.3 Å². The number of thiazole rings is 1. The highest BCUT2D eigenvalue weighted by Gasteiger charge is 2.13. The molecule has 20 heavy (non-hydrogen) atoms. The highest BCUT2D eigenvalue weighted by Crippen LogP contribution is 2.17. The predicted octanol–water partition coefficient (Wildman–Crippen LogP) is 2.15. The molecule has 102 valence electrons. The van der Waals surface area contributed by atoms with Gasteiger partial charge >= 0.3 is 0 Å². The quantitative estimate of drug-likeness (QED) is 0.832. The Hall–Kier alpha value is -2.23. The first-order chi connectivity index (χ1) is 9.60. The van der Waals surface area contributed by atoms with E-state index >= 15 is 0 Å². The molecule has 0 unspecified atom stereocenters. The maximum Gasteiger partial charge on any atom is 0.260 e. The van der Waals surface area contributed by atoms with Crippen molar-refractivity contribution in [2.45, 2.75) is 6.92 Å². The third kappa shape index (κ3) is 3.41. The molecule has 2 aromatic rings. The molecular formula is C14H12FN3OS.